The number of nitrogens with zero attached hydrogens (tertiary/aromatic N) is 1. The van der Waals surface area contributed by atoms with Gasteiger partial charge in [-0.1, -0.05) is 26.0 Å². The first-order chi connectivity index (χ1) is 10.8. The van der Waals surface area contributed by atoms with E-state index in [4.69, 9.17) is 5.11 Å². The average Bonchev–Trinajstić information content (AvgIpc) is 2.54. The van der Waals surface area contributed by atoms with Crippen molar-refractivity contribution < 1.29 is 18.3 Å². The van der Waals surface area contributed by atoms with Gasteiger partial charge in [0.2, 0.25) is 15.9 Å². The van der Waals surface area contributed by atoms with Crippen LogP contribution in [0.15, 0.2) is 35.2 Å². The van der Waals surface area contributed by atoms with E-state index in [1.165, 1.54) is 22.5 Å². The van der Waals surface area contributed by atoms with Crippen LogP contribution < -0.4 is 5.32 Å². The summed E-state index contributed by atoms with van der Waals surface area (Å²) in [6, 6.07) is 6.04. The van der Waals surface area contributed by atoms with Crippen LogP contribution >= 0.6 is 0 Å². The van der Waals surface area contributed by atoms with Crippen molar-refractivity contribution in [2.24, 2.45) is 0 Å². The van der Waals surface area contributed by atoms with Crippen molar-refractivity contribution in [2.45, 2.75) is 31.7 Å². The SMILES string of the molecule is CCN(CC)S(=O)(=O)c1ccc(/C=C/C(=O)NC(C)CO)cc1. The van der Waals surface area contributed by atoms with Crippen LogP contribution in [-0.4, -0.2) is 49.5 Å². The predicted octanol–water partition coefficient (Wildman–Crippen LogP) is 1.23. The molecule has 2 N–H and O–H groups in total. The summed E-state index contributed by atoms with van der Waals surface area (Å²) in [5.41, 5.74) is 0.718. The maximum atomic E-state index is 12.3. The number of hydrogen-bond donors (Lipinski definition) is 2. The van der Waals surface area contributed by atoms with Gasteiger partial charge in [-0.15, -0.1) is 0 Å². The molecule has 0 bridgehead atoms. The number of benzene rings is 1. The van der Waals surface area contributed by atoms with Crippen LogP contribution in [0.3, 0.4) is 0 Å². The second-order valence-electron chi connectivity index (χ2n) is 5.08. The molecule has 0 aromatic heterocycles. The van der Waals surface area contributed by atoms with E-state index < -0.39 is 10.0 Å². The normalized spacial score (nSPS) is 13.4. The number of carbonyl (C=O) groups is 1. The fourth-order valence-electron chi connectivity index (χ4n) is 1.97. The molecule has 128 valence electrons. The number of amides is 1. The summed E-state index contributed by atoms with van der Waals surface area (Å²) in [6.45, 7) is 6.00. The van der Waals surface area contributed by atoms with Gasteiger partial charge >= 0.3 is 0 Å². The Bertz CT molecular complexity index is 635. The lowest BCUT2D eigenvalue weighted by Crippen LogP contribution is -2.33. The fourth-order valence-corrected chi connectivity index (χ4v) is 3.43. The first kappa shape index (κ1) is 19.3. The van der Waals surface area contributed by atoms with Crippen molar-refractivity contribution in [1.82, 2.24) is 9.62 Å². The van der Waals surface area contributed by atoms with Crippen LogP contribution in [0.2, 0.25) is 0 Å². The Hall–Kier alpha value is -1.70. The molecule has 1 unspecified atom stereocenters. The third kappa shape index (κ3) is 5.46. The highest BCUT2D eigenvalue weighted by Gasteiger charge is 2.20. The molecule has 7 heteroatoms. The first-order valence-corrected chi connectivity index (χ1v) is 8.98. The highest BCUT2D eigenvalue weighted by atomic mass is 32.2. The maximum Gasteiger partial charge on any atom is 0.244 e. The van der Waals surface area contributed by atoms with Crippen LogP contribution in [0.5, 0.6) is 0 Å². The first-order valence-electron chi connectivity index (χ1n) is 7.54. The Morgan fingerprint density at radius 2 is 1.83 bits per heavy atom. The Morgan fingerprint density at radius 1 is 1.26 bits per heavy atom. The van der Waals surface area contributed by atoms with Crippen molar-refractivity contribution in [3.8, 4) is 0 Å². The quantitative estimate of drug-likeness (QED) is 0.697. The van der Waals surface area contributed by atoms with Crippen molar-refractivity contribution >= 4 is 22.0 Å². The molecule has 1 aromatic rings. The van der Waals surface area contributed by atoms with E-state index in [1.807, 2.05) is 0 Å². The molecule has 1 atom stereocenters. The third-order valence-corrected chi connectivity index (χ3v) is 5.38. The molecule has 1 rings (SSSR count). The summed E-state index contributed by atoms with van der Waals surface area (Å²) in [5, 5.41) is 11.4. The molecule has 0 aliphatic heterocycles. The third-order valence-electron chi connectivity index (χ3n) is 3.31. The van der Waals surface area contributed by atoms with Crippen molar-refractivity contribution in [2.75, 3.05) is 19.7 Å². The van der Waals surface area contributed by atoms with Gasteiger partial charge in [-0.25, -0.2) is 8.42 Å². The summed E-state index contributed by atoms with van der Waals surface area (Å²) in [5.74, 6) is -0.314. The van der Waals surface area contributed by atoms with Gasteiger partial charge in [-0.3, -0.25) is 4.79 Å². The monoisotopic (exact) mass is 340 g/mol. The van der Waals surface area contributed by atoms with E-state index in [0.29, 0.717) is 13.1 Å². The van der Waals surface area contributed by atoms with Gasteiger partial charge < -0.3 is 10.4 Å². The number of nitrogens with one attached hydrogen (secondary N) is 1. The zero-order valence-electron chi connectivity index (χ0n) is 13.7. The van der Waals surface area contributed by atoms with Crippen LogP contribution in [0, 0.1) is 0 Å². The zero-order valence-corrected chi connectivity index (χ0v) is 14.5. The molecule has 0 aliphatic carbocycles. The molecule has 0 spiro atoms. The lowest BCUT2D eigenvalue weighted by molar-refractivity contribution is -0.117. The Kier molecular flexibility index (Phi) is 7.41. The Morgan fingerprint density at radius 3 is 2.30 bits per heavy atom. The van der Waals surface area contributed by atoms with Crippen LogP contribution in [-0.2, 0) is 14.8 Å². The summed E-state index contributed by atoms with van der Waals surface area (Å²) in [4.78, 5) is 11.8. The number of aliphatic hydroxyl groups excluding tert-OH is 1. The van der Waals surface area contributed by atoms with Gasteiger partial charge in [0.25, 0.3) is 0 Å². The minimum absolute atomic E-state index is 0.127. The topological polar surface area (TPSA) is 86.7 Å². The molecular weight excluding hydrogens is 316 g/mol. The van der Waals surface area contributed by atoms with Gasteiger partial charge in [0, 0.05) is 25.2 Å². The minimum atomic E-state index is -3.47. The van der Waals surface area contributed by atoms with Gasteiger partial charge in [0.05, 0.1) is 11.5 Å². The van der Waals surface area contributed by atoms with Crippen molar-refractivity contribution in [3.05, 3.63) is 35.9 Å². The minimum Gasteiger partial charge on any atom is -0.394 e. The van der Waals surface area contributed by atoms with Gasteiger partial charge in [-0.05, 0) is 30.7 Å². The summed E-state index contributed by atoms with van der Waals surface area (Å²) >= 11 is 0. The molecule has 0 radical (unpaired) electrons. The van der Waals surface area contributed by atoms with Gasteiger partial charge in [0.1, 0.15) is 0 Å². The molecular formula is C16H24N2O4S. The lowest BCUT2D eigenvalue weighted by atomic mass is 10.2. The van der Waals surface area contributed by atoms with E-state index >= 15 is 0 Å². The number of hydrogen-bond acceptors (Lipinski definition) is 4. The van der Waals surface area contributed by atoms with Crippen molar-refractivity contribution in [1.29, 1.82) is 0 Å². The van der Waals surface area contributed by atoms with Crippen LogP contribution in [0.1, 0.15) is 26.3 Å². The number of carbonyl (C=O) groups excluding carboxylic acids is 1. The number of rotatable bonds is 8. The zero-order chi connectivity index (χ0) is 17.5. The van der Waals surface area contributed by atoms with E-state index in [0.717, 1.165) is 5.56 Å². The van der Waals surface area contributed by atoms with E-state index in [9.17, 15) is 13.2 Å². The van der Waals surface area contributed by atoms with Crippen LogP contribution in [0.25, 0.3) is 6.08 Å². The Labute approximate surface area is 137 Å². The summed E-state index contributed by atoms with van der Waals surface area (Å²) < 4.78 is 26.1. The van der Waals surface area contributed by atoms with Crippen LogP contribution in [0.4, 0.5) is 0 Å². The highest BCUT2D eigenvalue weighted by molar-refractivity contribution is 7.89. The van der Waals surface area contributed by atoms with Gasteiger partial charge in [0.15, 0.2) is 0 Å². The molecule has 0 saturated carbocycles. The Balaban J connectivity index is 2.83. The largest absolute Gasteiger partial charge is 0.394 e. The fraction of sp³-hybridized carbons (Fsp3) is 0.438. The second-order valence-corrected chi connectivity index (χ2v) is 7.02. The molecule has 0 fully saturated rings. The molecule has 0 saturated heterocycles. The molecule has 1 aromatic carbocycles. The van der Waals surface area contributed by atoms with Crippen molar-refractivity contribution in [3.63, 3.8) is 0 Å². The summed E-state index contributed by atoms with van der Waals surface area (Å²) in [6.07, 6.45) is 2.94. The standard InChI is InChI=1S/C16H24N2O4S/c1-4-18(5-2)23(21,22)15-9-6-14(7-10-15)8-11-16(20)17-13(3)12-19/h6-11,13,19H,4-5,12H2,1-3H3,(H,17,20)/b11-8+. The average molecular weight is 340 g/mol. The van der Waals surface area contributed by atoms with E-state index in [1.54, 1.807) is 39.0 Å². The number of sulfonamides is 1. The second kappa shape index (κ2) is 8.81. The smallest absolute Gasteiger partial charge is 0.244 e. The predicted molar refractivity (Wildman–Crippen MR) is 90.3 cm³/mol. The molecule has 23 heavy (non-hydrogen) atoms. The number of aliphatic hydroxyl groups is 1. The maximum absolute atomic E-state index is 12.3. The molecule has 1 amide bonds. The molecule has 0 heterocycles. The van der Waals surface area contributed by atoms with Gasteiger partial charge in [-0.2, -0.15) is 4.31 Å². The molecule has 6 nitrogen and oxygen atoms in total. The lowest BCUT2D eigenvalue weighted by Gasteiger charge is -2.18. The van der Waals surface area contributed by atoms with E-state index in [2.05, 4.69) is 5.32 Å². The van der Waals surface area contributed by atoms with E-state index in [-0.39, 0.29) is 23.5 Å². The highest BCUT2D eigenvalue weighted by Crippen LogP contribution is 2.16. The summed E-state index contributed by atoms with van der Waals surface area (Å²) in [7, 11) is -3.47. The molecule has 0 aliphatic rings.